The Morgan fingerprint density at radius 1 is 1.18 bits per heavy atom. The number of fused-ring (bicyclic) bond motifs is 4. The van der Waals surface area contributed by atoms with Gasteiger partial charge in [-0.2, -0.15) is 0 Å². The first-order valence-electron chi connectivity index (χ1n) is 11.3. The number of hydrogen-bond acceptors (Lipinski definition) is 2. The molecule has 5 aliphatic carbocycles. The number of carbonyl (C=O) groups excluding carboxylic acids is 1. The summed E-state index contributed by atoms with van der Waals surface area (Å²) < 4.78 is 16.5. The number of carbonyl (C=O) groups is 1. The van der Waals surface area contributed by atoms with E-state index in [9.17, 15) is 9.90 Å². The third kappa shape index (κ3) is 2.26. The van der Waals surface area contributed by atoms with Crippen molar-refractivity contribution in [3.05, 3.63) is 11.6 Å². The normalized spacial score (nSPS) is 57.2. The van der Waals surface area contributed by atoms with Crippen LogP contribution in [0.5, 0.6) is 0 Å². The van der Waals surface area contributed by atoms with Crippen LogP contribution in [0.1, 0.15) is 72.1 Å². The Hall–Kier alpha value is -0.220. The van der Waals surface area contributed by atoms with Crippen molar-refractivity contribution in [1.82, 2.24) is 0 Å². The van der Waals surface area contributed by atoms with E-state index >= 15 is 4.39 Å². The first-order valence-corrected chi connectivity index (χ1v) is 12.4. The van der Waals surface area contributed by atoms with E-state index in [-0.39, 0.29) is 11.3 Å². The van der Waals surface area contributed by atoms with Gasteiger partial charge < -0.3 is 5.11 Å². The SMILES string of the molecule is CC1=CC2(F)CC3C(CCC4(C)C(C(=O)CBr)CCC34)C3CCC(C)(O)CC132. The van der Waals surface area contributed by atoms with Gasteiger partial charge in [0.05, 0.1) is 10.9 Å². The van der Waals surface area contributed by atoms with Crippen molar-refractivity contribution in [2.75, 3.05) is 5.33 Å². The van der Waals surface area contributed by atoms with Crippen molar-refractivity contribution >= 4 is 21.7 Å². The molecule has 4 saturated carbocycles. The summed E-state index contributed by atoms with van der Waals surface area (Å²) in [5, 5.41) is 11.3. The van der Waals surface area contributed by atoms with Crippen LogP contribution in [0.15, 0.2) is 11.6 Å². The lowest BCUT2D eigenvalue weighted by molar-refractivity contribution is -0.201. The Morgan fingerprint density at radius 2 is 1.93 bits per heavy atom. The zero-order valence-electron chi connectivity index (χ0n) is 17.4. The van der Waals surface area contributed by atoms with Gasteiger partial charge >= 0.3 is 0 Å². The summed E-state index contributed by atoms with van der Waals surface area (Å²) >= 11 is 3.39. The van der Waals surface area contributed by atoms with Crippen LogP contribution in [0.2, 0.25) is 0 Å². The summed E-state index contributed by atoms with van der Waals surface area (Å²) in [4.78, 5) is 12.6. The second kappa shape index (κ2) is 5.93. The van der Waals surface area contributed by atoms with E-state index in [2.05, 4.69) is 29.8 Å². The fourth-order valence-corrected chi connectivity index (χ4v) is 9.56. The summed E-state index contributed by atoms with van der Waals surface area (Å²) in [5.41, 5.74) is -1.22. The highest BCUT2D eigenvalue weighted by Crippen LogP contribution is 2.75. The second-order valence-corrected chi connectivity index (χ2v) is 12.0. The van der Waals surface area contributed by atoms with Gasteiger partial charge in [0.15, 0.2) is 0 Å². The van der Waals surface area contributed by atoms with Crippen LogP contribution < -0.4 is 0 Å². The average molecular weight is 453 g/mol. The van der Waals surface area contributed by atoms with Crippen molar-refractivity contribution in [2.45, 2.75) is 83.4 Å². The number of allylic oxidation sites excluding steroid dienone is 2. The third-order valence-electron chi connectivity index (χ3n) is 10.2. The summed E-state index contributed by atoms with van der Waals surface area (Å²) in [6.07, 6.45) is 9.10. The first-order chi connectivity index (χ1) is 13.1. The van der Waals surface area contributed by atoms with Gasteiger partial charge in [-0.1, -0.05) is 28.4 Å². The molecular formula is C24H34BrFO2. The summed E-state index contributed by atoms with van der Waals surface area (Å²) in [7, 11) is 0. The predicted octanol–water partition coefficient (Wildman–Crippen LogP) is 5.62. The van der Waals surface area contributed by atoms with Gasteiger partial charge in [0.25, 0.3) is 0 Å². The summed E-state index contributed by atoms with van der Waals surface area (Å²) in [5.74, 6) is 2.27. The maximum absolute atomic E-state index is 16.5. The highest BCUT2D eigenvalue weighted by atomic mass is 79.9. The second-order valence-electron chi connectivity index (χ2n) is 11.4. The maximum atomic E-state index is 16.5. The molecule has 9 atom stereocenters. The molecule has 0 bridgehead atoms. The molecule has 0 saturated heterocycles. The standard InChI is InChI=1S/C24H34BrFO2/c1-14-10-23(26)11-16-15(18-7-8-21(2,28)13-24(14,18)23)6-9-22(3)17(16)4-5-19(22)20(27)12-25/h10,15-19,28H,4-9,11-13H2,1-3H3. The van der Waals surface area contributed by atoms with Gasteiger partial charge in [-0.15, -0.1) is 0 Å². The molecule has 0 aromatic rings. The number of hydrogen-bond donors (Lipinski definition) is 1. The van der Waals surface area contributed by atoms with Crippen LogP contribution in [0.4, 0.5) is 4.39 Å². The molecule has 1 spiro atoms. The minimum atomic E-state index is -1.26. The largest absolute Gasteiger partial charge is 0.390 e. The molecular weight excluding hydrogens is 419 g/mol. The molecule has 4 fully saturated rings. The monoisotopic (exact) mass is 452 g/mol. The topological polar surface area (TPSA) is 37.3 Å². The first kappa shape index (κ1) is 19.7. The molecule has 0 aromatic carbocycles. The van der Waals surface area contributed by atoms with E-state index in [1.807, 2.05) is 13.0 Å². The zero-order chi connectivity index (χ0) is 20.1. The molecule has 5 rings (SSSR count). The summed E-state index contributed by atoms with van der Waals surface area (Å²) in [6.45, 7) is 6.33. The lowest BCUT2D eigenvalue weighted by Gasteiger charge is -2.69. The zero-order valence-corrected chi connectivity index (χ0v) is 19.0. The van der Waals surface area contributed by atoms with Crippen molar-refractivity contribution < 1.29 is 14.3 Å². The Balaban J connectivity index is 1.52. The van der Waals surface area contributed by atoms with Gasteiger partial charge in [-0.05, 0) is 100 Å². The number of ketones is 1. The molecule has 156 valence electrons. The van der Waals surface area contributed by atoms with Crippen LogP contribution in [-0.4, -0.2) is 27.5 Å². The lowest BCUT2D eigenvalue weighted by atomic mass is 9.36. The molecule has 0 amide bonds. The van der Waals surface area contributed by atoms with Gasteiger partial charge in [-0.25, -0.2) is 4.39 Å². The summed E-state index contributed by atoms with van der Waals surface area (Å²) in [6, 6.07) is 0. The van der Waals surface area contributed by atoms with Crippen molar-refractivity contribution in [3.8, 4) is 0 Å². The van der Waals surface area contributed by atoms with E-state index in [4.69, 9.17) is 0 Å². The Kier molecular flexibility index (Phi) is 4.18. The molecule has 0 aromatic heterocycles. The Morgan fingerprint density at radius 3 is 2.61 bits per heavy atom. The molecule has 9 unspecified atom stereocenters. The maximum Gasteiger partial charge on any atom is 0.147 e. The molecule has 0 heterocycles. The van der Waals surface area contributed by atoms with E-state index < -0.39 is 16.7 Å². The Bertz CT molecular complexity index is 747. The number of halogens is 2. The fourth-order valence-electron chi connectivity index (χ4n) is 9.17. The predicted molar refractivity (Wildman–Crippen MR) is 112 cm³/mol. The number of rotatable bonds is 2. The number of Topliss-reactive ketones (excluding diaryl/α,β-unsaturated/α-hetero) is 1. The highest BCUT2D eigenvalue weighted by Gasteiger charge is 2.72. The van der Waals surface area contributed by atoms with E-state index in [1.54, 1.807) is 0 Å². The molecule has 0 aliphatic heterocycles. The molecule has 1 N–H and O–H groups in total. The average Bonchev–Trinajstić information content (AvgIpc) is 2.98. The van der Waals surface area contributed by atoms with Crippen LogP contribution in [0.25, 0.3) is 0 Å². The van der Waals surface area contributed by atoms with Crippen molar-refractivity contribution in [3.63, 3.8) is 0 Å². The molecule has 0 radical (unpaired) electrons. The van der Waals surface area contributed by atoms with Gasteiger partial charge in [0, 0.05) is 11.3 Å². The minimum Gasteiger partial charge on any atom is -0.390 e. The van der Waals surface area contributed by atoms with Gasteiger partial charge in [0.2, 0.25) is 0 Å². The number of alkyl halides is 2. The molecule has 4 heteroatoms. The smallest absolute Gasteiger partial charge is 0.147 e. The lowest BCUT2D eigenvalue weighted by Crippen LogP contribution is -2.68. The van der Waals surface area contributed by atoms with Crippen LogP contribution in [0, 0.1) is 40.4 Å². The highest BCUT2D eigenvalue weighted by molar-refractivity contribution is 9.09. The molecule has 28 heavy (non-hydrogen) atoms. The van der Waals surface area contributed by atoms with Crippen LogP contribution in [-0.2, 0) is 4.79 Å². The van der Waals surface area contributed by atoms with Crippen LogP contribution >= 0.6 is 15.9 Å². The van der Waals surface area contributed by atoms with Crippen molar-refractivity contribution in [1.29, 1.82) is 0 Å². The minimum absolute atomic E-state index is 0.0467. The number of aliphatic hydroxyl groups is 1. The quantitative estimate of drug-likeness (QED) is 0.435. The van der Waals surface area contributed by atoms with E-state index in [0.717, 1.165) is 38.5 Å². The van der Waals surface area contributed by atoms with Gasteiger partial charge in [-0.3, -0.25) is 4.79 Å². The van der Waals surface area contributed by atoms with E-state index in [0.29, 0.717) is 47.6 Å². The van der Waals surface area contributed by atoms with E-state index in [1.165, 1.54) is 5.57 Å². The van der Waals surface area contributed by atoms with Crippen molar-refractivity contribution in [2.24, 2.45) is 40.4 Å². The molecule has 5 aliphatic rings. The fraction of sp³-hybridized carbons (Fsp3) is 0.875. The van der Waals surface area contributed by atoms with Crippen LogP contribution in [0.3, 0.4) is 0 Å². The van der Waals surface area contributed by atoms with Gasteiger partial charge in [0.1, 0.15) is 11.5 Å². The molecule has 2 nitrogen and oxygen atoms in total. The Labute approximate surface area is 176 Å². The third-order valence-corrected chi connectivity index (χ3v) is 10.8.